The molecule has 8 heteroatoms. The highest BCUT2D eigenvalue weighted by Crippen LogP contribution is 2.44. The molecule has 6 rings (SSSR count). The van der Waals surface area contributed by atoms with Crippen molar-refractivity contribution in [3.63, 3.8) is 0 Å². The van der Waals surface area contributed by atoms with E-state index in [2.05, 4.69) is 9.97 Å². The van der Waals surface area contributed by atoms with Crippen LogP contribution in [0, 0.1) is 0 Å². The fourth-order valence-corrected chi connectivity index (χ4v) is 5.51. The maximum Gasteiger partial charge on any atom is 0.301 e. The van der Waals surface area contributed by atoms with E-state index in [0.717, 1.165) is 34.4 Å². The number of benzene rings is 2. The van der Waals surface area contributed by atoms with Gasteiger partial charge in [-0.1, -0.05) is 23.5 Å². The van der Waals surface area contributed by atoms with Crippen molar-refractivity contribution in [2.45, 2.75) is 18.9 Å². The van der Waals surface area contributed by atoms with Crippen LogP contribution >= 0.6 is 11.3 Å². The van der Waals surface area contributed by atoms with Gasteiger partial charge in [-0.05, 0) is 66.4 Å². The second-order valence-electron chi connectivity index (χ2n) is 8.19. The van der Waals surface area contributed by atoms with Crippen LogP contribution in [-0.2, 0) is 16.0 Å². The van der Waals surface area contributed by atoms with Crippen LogP contribution in [0.25, 0.3) is 16.0 Å². The van der Waals surface area contributed by atoms with Crippen LogP contribution in [0.5, 0.6) is 5.75 Å². The van der Waals surface area contributed by atoms with E-state index in [9.17, 15) is 14.7 Å². The highest BCUT2D eigenvalue weighted by atomic mass is 32.1. The molecule has 1 N–H and O–H groups in total. The molecule has 0 aliphatic carbocycles. The second-order valence-corrected chi connectivity index (χ2v) is 9.20. The van der Waals surface area contributed by atoms with Gasteiger partial charge in [0, 0.05) is 18.0 Å². The molecule has 4 aromatic rings. The van der Waals surface area contributed by atoms with Crippen molar-refractivity contribution in [1.29, 1.82) is 0 Å². The van der Waals surface area contributed by atoms with Crippen molar-refractivity contribution in [2.24, 2.45) is 0 Å². The molecule has 1 fully saturated rings. The number of rotatable bonds is 3. The molecular weight excluding hydrogens is 450 g/mol. The average molecular weight is 470 g/mol. The first-order chi connectivity index (χ1) is 16.6. The summed E-state index contributed by atoms with van der Waals surface area (Å²) in [5, 5.41) is 11.8. The second kappa shape index (κ2) is 8.07. The zero-order valence-electron chi connectivity index (χ0n) is 18.0. The van der Waals surface area contributed by atoms with Gasteiger partial charge in [0.2, 0.25) is 0 Å². The number of fused-ring (bicyclic) bond motifs is 2. The molecule has 2 aromatic heterocycles. The van der Waals surface area contributed by atoms with Crippen LogP contribution in [0.3, 0.4) is 0 Å². The zero-order valence-corrected chi connectivity index (χ0v) is 18.8. The summed E-state index contributed by atoms with van der Waals surface area (Å²) >= 11 is 1.33. The topological polar surface area (TPSA) is 92.6 Å². The number of anilines is 1. The first-order valence-corrected chi connectivity index (χ1v) is 11.8. The summed E-state index contributed by atoms with van der Waals surface area (Å²) in [6, 6.07) is 15.6. The van der Waals surface area contributed by atoms with Gasteiger partial charge in [0.1, 0.15) is 11.5 Å². The molecule has 0 radical (unpaired) electrons. The lowest BCUT2D eigenvalue weighted by atomic mass is 9.94. The molecule has 1 saturated heterocycles. The number of thiazole rings is 1. The van der Waals surface area contributed by atoms with Crippen LogP contribution in [0.15, 0.2) is 72.6 Å². The summed E-state index contributed by atoms with van der Waals surface area (Å²) in [7, 11) is 0. The average Bonchev–Trinajstić information content (AvgIpc) is 3.42. The summed E-state index contributed by atoms with van der Waals surface area (Å²) in [6.07, 6.45) is 4.91. The summed E-state index contributed by atoms with van der Waals surface area (Å²) in [6.45, 7) is 0.660. The standard InChI is InChI=1S/C26H19N3O4S/c30-23(17-7-8-19-16(14-17)4-3-13-33-19)21-22(15-9-11-27-12-10-15)29(25(32)24(21)31)26-28-18-5-1-2-6-20(18)34-26/h1-2,5-12,14,22,30H,3-4,13H2/b23-21+. The number of pyridine rings is 1. The Morgan fingerprint density at radius 1 is 1.09 bits per heavy atom. The SMILES string of the molecule is O=C1C(=O)N(c2nc3ccccc3s2)C(c2ccncc2)/C1=C(\O)c1ccc2c(c1)CCCO2. The van der Waals surface area contributed by atoms with Crippen LogP contribution in [0.4, 0.5) is 5.13 Å². The van der Waals surface area contributed by atoms with Crippen molar-refractivity contribution >= 4 is 44.1 Å². The van der Waals surface area contributed by atoms with E-state index in [1.807, 2.05) is 30.3 Å². The molecule has 1 amide bonds. The lowest BCUT2D eigenvalue weighted by molar-refractivity contribution is -0.132. The lowest BCUT2D eigenvalue weighted by Crippen LogP contribution is -2.29. The largest absolute Gasteiger partial charge is 0.507 e. The normalized spacial score (nSPS) is 19.3. The van der Waals surface area contributed by atoms with E-state index in [1.54, 1.807) is 36.7 Å². The quantitative estimate of drug-likeness (QED) is 0.267. The number of ether oxygens (including phenoxy) is 1. The molecule has 2 aliphatic heterocycles. The van der Waals surface area contributed by atoms with E-state index < -0.39 is 17.7 Å². The van der Waals surface area contributed by atoms with Gasteiger partial charge < -0.3 is 9.84 Å². The Bertz CT molecular complexity index is 1440. The van der Waals surface area contributed by atoms with Crippen molar-refractivity contribution in [3.8, 4) is 5.75 Å². The minimum atomic E-state index is -0.823. The number of Topliss-reactive ketones (excluding diaryl/α,β-unsaturated/α-hetero) is 1. The summed E-state index contributed by atoms with van der Waals surface area (Å²) in [4.78, 5) is 36.7. The van der Waals surface area contributed by atoms with Crippen molar-refractivity contribution < 1.29 is 19.4 Å². The van der Waals surface area contributed by atoms with Gasteiger partial charge in [-0.3, -0.25) is 19.5 Å². The van der Waals surface area contributed by atoms with E-state index in [4.69, 9.17) is 4.74 Å². The Morgan fingerprint density at radius 2 is 1.91 bits per heavy atom. The molecule has 1 atom stereocenters. The van der Waals surface area contributed by atoms with Gasteiger partial charge in [0.05, 0.1) is 28.4 Å². The number of aromatic nitrogens is 2. The summed E-state index contributed by atoms with van der Waals surface area (Å²) in [5.74, 6) is -0.892. The number of carbonyl (C=O) groups is 2. The van der Waals surface area contributed by atoms with Gasteiger partial charge in [-0.15, -0.1) is 0 Å². The predicted molar refractivity (Wildman–Crippen MR) is 129 cm³/mol. The zero-order chi connectivity index (χ0) is 23.2. The first-order valence-electron chi connectivity index (χ1n) is 10.9. The molecule has 0 saturated carbocycles. The molecule has 168 valence electrons. The van der Waals surface area contributed by atoms with E-state index in [-0.39, 0.29) is 11.3 Å². The fourth-order valence-electron chi connectivity index (χ4n) is 4.52. The monoisotopic (exact) mass is 469 g/mol. The third-order valence-corrected chi connectivity index (χ3v) is 7.17. The molecule has 2 aliphatic rings. The van der Waals surface area contributed by atoms with Gasteiger partial charge in [-0.25, -0.2) is 4.98 Å². The first kappa shape index (κ1) is 20.6. The molecule has 1 unspecified atom stereocenters. The number of amides is 1. The van der Waals surface area contributed by atoms with Crippen molar-refractivity contribution in [2.75, 3.05) is 11.5 Å². The summed E-state index contributed by atoms with van der Waals surface area (Å²) < 4.78 is 6.58. The molecule has 34 heavy (non-hydrogen) atoms. The highest BCUT2D eigenvalue weighted by molar-refractivity contribution is 7.22. The maximum absolute atomic E-state index is 13.3. The minimum Gasteiger partial charge on any atom is -0.507 e. The number of aryl methyl sites for hydroxylation is 1. The van der Waals surface area contributed by atoms with E-state index >= 15 is 0 Å². The molecule has 4 heterocycles. The Morgan fingerprint density at radius 3 is 2.74 bits per heavy atom. The molecule has 0 spiro atoms. The van der Waals surface area contributed by atoms with E-state index in [0.29, 0.717) is 22.9 Å². The Kier molecular flexibility index (Phi) is 4.88. The smallest absolute Gasteiger partial charge is 0.301 e. The van der Waals surface area contributed by atoms with Crippen LogP contribution in [0.1, 0.15) is 29.2 Å². The number of para-hydroxylation sites is 1. The fraction of sp³-hybridized carbons (Fsp3) is 0.154. The van der Waals surface area contributed by atoms with Crippen molar-refractivity contribution in [1.82, 2.24) is 9.97 Å². The number of aliphatic hydroxyl groups excluding tert-OH is 1. The molecule has 0 bridgehead atoms. The number of aliphatic hydroxyl groups is 1. The number of ketones is 1. The van der Waals surface area contributed by atoms with Gasteiger partial charge >= 0.3 is 5.91 Å². The van der Waals surface area contributed by atoms with Crippen LogP contribution < -0.4 is 9.64 Å². The highest BCUT2D eigenvalue weighted by Gasteiger charge is 2.48. The number of carbonyl (C=O) groups excluding carboxylic acids is 2. The Balaban J connectivity index is 1.53. The summed E-state index contributed by atoms with van der Waals surface area (Å²) in [5.41, 5.74) is 2.89. The number of hydrogen-bond donors (Lipinski definition) is 1. The maximum atomic E-state index is 13.3. The molecular formula is C26H19N3O4S. The third-order valence-electron chi connectivity index (χ3n) is 6.14. The van der Waals surface area contributed by atoms with Crippen molar-refractivity contribution in [3.05, 3.63) is 89.3 Å². The Hall–Kier alpha value is -4.04. The van der Waals surface area contributed by atoms with Gasteiger partial charge in [0.15, 0.2) is 5.13 Å². The Labute approximate surface area is 199 Å². The number of hydrogen-bond acceptors (Lipinski definition) is 7. The van der Waals surface area contributed by atoms with E-state index in [1.165, 1.54) is 16.2 Å². The minimum absolute atomic E-state index is 0.0344. The predicted octanol–water partition coefficient (Wildman–Crippen LogP) is 4.64. The van der Waals surface area contributed by atoms with Gasteiger partial charge in [-0.2, -0.15) is 0 Å². The molecule has 7 nitrogen and oxygen atoms in total. The van der Waals surface area contributed by atoms with Crippen LogP contribution in [0.2, 0.25) is 0 Å². The molecule has 2 aromatic carbocycles. The third kappa shape index (κ3) is 3.26. The lowest BCUT2D eigenvalue weighted by Gasteiger charge is -2.23. The number of nitrogens with zero attached hydrogens (tertiary/aromatic N) is 3. The van der Waals surface area contributed by atoms with Gasteiger partial charge in [0.25, 0.3) is 5.78 Å². The van der Waals surface area contributed by atoms with Crippen LogP contribution in [-0.4, -0.2) is 33.4 Å².